The van der Waals surface area contributed by atoms with E-state index in [1.54, 1.807) is 0 Å². The lowest BCUT2D eigenvalue weighted by Gasteiger charge is -2.36. The molecule has 4 heteroatoms. The van der Waals surface area contributed by atoms with E-state index >= 15 is 0 Å². The van der Waals surface area contributed by atoms with Gasteiger partial charge in [-0.2, -0.15) is 0 Å². The van der Waals surface area contributed by atoms with Crippen molar-refractivity contribution in [2.75, 3.05) is 0 Å². The Kier molecular flexibility index (Phi) is 4.84. The number of aliphatic hydroxyl groups is 1. The van der Waals surface area contributed by atoms with Gasteiger partial charge < -0.3 is 9.67 Å². The summed E-state index contributed by atoms with van der Waals surface area (Å²) in [5, 5.41) is 17.9. The summed E-state index contributed by atoms with van der Waals surface area (Å²) in [4.78, 5) is 0. The lowest BCUT2D eigenvalue weighted by molar-refractivity contribution is 0.166. The van der Waals surface area contributed by atoms with Gasteiger partial charge in [0.25, 0.3) is 0 Å². The van der Waals surface area contributed by atoms with E-state index in [1.807, 2.05) is 0 Å². The smallest absolute Gasteiger partial charge is 0.158 e. The Balaban J connectivity index is 2.09. The van der Waals surface area contributed by atoms with Crippen LogP contribution in [0.2, 0.25) is 0 Å². The maximum absolute atomic E-state index is 9.38. The first-order valence-electron chi connectivity index (χ1n) is 8.00. The summed E-state index contributed by atoms with van der Waals surface area (Å²) >= 11 is 0. The zero-order valence-corrected chi connectivity index (χ0v) is 13.4. The van der Waals surface area contributed by atoms with Gasteiger partial charge in [-0.1, -0.05) is 27.7 Å². The largest absolute Gasteiger partial charge is 0.388 e. The van der Waals surface area contributed by atoms with Crippen molar-refractivity contribution in [2.24, 2.45) is 11.3 Å². The predicted octanol–water partition coefficient (Wildman–Crippen LogP) is 3.50. The number of hydrogen-bond donors (Lipinski definition) is 1. The molecule has 0 spiro atoms. The van der Waals surface area contributed by atoms with Crippen molar-refractivity contribution < 1.29 is 5.11 Å². The number of aliphatic hydroxyl groups excluding tert-OH is 1. The molecule has 0 saturated heterocycles. The average molecular weight is 279 g/mol. The molecule has 0 atom stereocenters. The Bertz CT molecular complexity index is 425. The monoisotopic (exact) mass is 279 g/mol. The maximum atomic E-state index is 9.38. The fourth-order valence-corrected chi connectivity index (χ4v) is 3.45. The lowest BCUT2D eigenvalue weighted by Crippen LogP contribution is -2.26. The Labute approximate surface area is 122 Å². The Hall–Kier alpha value is -0.900. The second-order valence-corrected chi connectivity index (χ2v) is 7.20. The van der Waals surface area contributed by atoms with Crippen LogP contribution in [0.25, 0.3) is 0 Å². The van der Waals surface area contributed by atoms with Gasteiger partial charge >= 0.3 is 0 Å². The zero-order chi connectivity index (χ0) is 14.8. The number of aromatic nitrogens is 3. The molecule has 1 fully saturated rings. The fourth-order valence-electron chi connectivity index (χ4n) is 3.45. The minimum atomic E-state index is -0.00959. The molecular weight excluding hydrogens is 250 g/mol. The van der Waals surface area contributed by atoms with Crippen LogP contribution >= 0.6 is 0 Å². The quantitative estimate of drug-likeness (QED) is 0.917. The van der Waals surface area contributed by atoms with Crippen molar-refractivity contribution in [1.29, 1.82) is 0 Å². The molecule has 0 radical (unpaired) electrons. The van der Waals surface area contributed by atoms with E-state index in [1.165, 1.54) is 25.7 Å². The first-order valence-corrected chi connectivity index (χ1v) is 8.00. The van der Waals surface area contributed by atoms with Crippen LogP contribution in [0.4, 0.5) is 0 Å². The van der Waals surface area contributed by atoms with E-state index in [0.29, 0.717) is 11.3 Å². The molecule has 1 heterocycles. The number of nitrogens with zero attached hydrogens (tertiary/aromatic N) is 3. The summed E-state index contributed by atoms with van der Waals surface area (Å²) < 4.78 is 2.14. The molecule has 1 saturated carbocycles. The number of hydrogen-bond acceptors (Lipinski definition) is 3. The highest BCUT2D eigenvalue weighted by Crippen LogP contribution is 2.42. The molecule has 0 amide bonds. The van der Waals surface area contributed by atoms with Crippen molar-refractivity contribution >= 4 is 0 Å². The van der Waals surface area contributed by atoms with Crippen LogP contribution in [0.1, 0.15) is 77.4 Å². The molecule has 0 unspecified atom stereocenters. The first kappa shape index (κ1) is 15.5. The van der Waals surface area contributed by atoms with Gasteiger partial charge in [0.15, 0.2) is 5.82 Å². The van der Waals surface area contributed by atoms with Gasteiger partial charge in [-0.25, -0.2) is 0 Å². The Morgan fingerprint density at radius 2 is 1.80 bits per heavy atom. The molecule has 0 aromatic carbocycles. The summed E-state index contributed by atoms with van der Waals surface area (Å²) in [5.41, 5.74) is 0.415. The van der Waals surface area contributed by atoms with Crippen molar-refractivity contribution in [1.82, 2.24) is 14.8 Å². The second kappa shape index (κ2) is 6.25. The third-order valence-corrected chi connectivity index (χ3v) is 4.76. The molecule has 4 nitrogen and oxygen atoms in total. The molecule has 1 aliphatic carbocycles. The van der Waals surface area contributed by atoms with E-state index < -0.39 is 0 Å². The Morgan fingerprint density at radius 3 is 2.30 bits per heavy atom. The normalized spacial score (nSPS) is 24.1. The maximum Gasteiger partial charge on any atom is 0.158 e. The van der Waals surface area contributed by atoms with E-state index in [9.17, 15) is 5.11 Å². The summed E-state index contributed by atoms with van der Waals surface area (Å²) in [6.07, 6.45) is 6.02. The first-order chi connectivity index (χ1) is 9.47. The van der Waals surface area contributed by atoms with E-state index in [4.69, 9.17) is 0 Å². The molecule has 114 valence electrons. The third kappa shape index (κ3) is 3.22. The molecular formula is C16H29N3O. The lowest BCUT2D eigenvalue weighted by atomic mass is 9.69. The minimum absolute atomic E-state index is 0.00959. The average Bonchev–Trinajstić information content (AvgIpc) is 2.81. The van der Waals surface area contributed by atoms with E-state index in [2.05, 4.69) is 42.5 Å². The second-order valence-electron chi connectivity index (χ2n) is 7.20. The van der Waals surface area contributed by atoms with Crippen molar-refractivity contribution in [3.63, 3.8) is 0 Å². The Morgan fingerprint density at radius 1 is 1.15 bits per heavy atom. The molecule has 20 heavy (non-hydrogen) atoms. The van der Waals surface area contributed by atoms with Crippen LogP contribution in [0.5, 0.6) is 0 Å². The fraction of sp³-hybridized carbons (Fsp3) is 0.875. The highest BCUT2D eigenvalue weighted by atomic mass is 16.3. The minimum Gasteiger partial charge on any atom is -0.388 e. The molecule has 1 aliphatic rings. The van der Waals surface area contributed by atoms with Gasteiger partial charge in [-0.3, -0.25) is 0 Å². The van der Waals surface area contributed by atoms with E-state index in [0.717, 1.165) is 30.5 Å². The highest BCUT2D eigenvalue weighted by Gasteiger charge is 2.32. The van der Waals surface area contributed by atoms with Gasteiger partial charge in [0.1, 0.15) is 12.4 Å². The molecule has 0 bridgehead atoms. The van der Waals surface area contributed by atoms with Gasteiger partial charge in [-0.05, 0) is 43.4 Å². The van der Waals surface area contributed by atoms with Gasteiger partial charge in [-0.15, -0.1) is 10.2 Å². The summed E-state index contributed by atoms with van der Waals surface area (Å²) in [6, 6.07) is 0. The van der Waals surface area contributed by atoms with Crippen LogP contribution in [0, 0.1) is 11.3 Å². The van der Waals surface area contributed by atoms with Crippen molar-refractivity contribution in [2.45, 2.75) is 78.9 Å². The van der Waals surface area contributed by atoms with Gasteiger partial charge in [0, 0.05) is 12.5 Å². The third-order valence-electron chi connectivity index (χ3n) is 4.76. The molecule has 1 aromatic heterocycles. The van der Waals surface area contributed by atoms with Crippen LogP contribution < -0.4 is 0 Å². The van der Waals surface area contributed by atoms with Crippen molar-refractivity contribution in [3.05, 3.63) is 11.6 Å². The van der Waals surface area contributed by atoms with Crippen LogP contribution in [-0.2, 0) is 13.2 Å². The summed E-state index contributed by atoms with van der Waals surface area (Å²) in [7, 11) is 0. The summed E-state index contributed by atoms with van der Waals surface area (Å²) in [6.45, 7) is 10.1. The molecule has 1 aromatic rings. The SMILES string of the molecule is CCCn1c(CO)nnc1C1CCC(C(C)(C)C)CC1. The van der Waals surface area contributed by atoms with Gasteiger partial charge in [0.2, 0.25) is 0 Å². The number of rotatable bonds is 4. The topological polar surface area (TPSA) is 50.9 Å². The van der Waals surface area contributed by atoms with Gasteiger partial charge in [0.05, 0.1) is 0 Å². The molecule has 0 aliphatic heterocycles. The highest BCUT2D eigenvalue weighted by molar-refractivity contribution is 5.04. The predicted molar refractivity (Wildman–Crippen MR) is 80.4 cm³/mol. The standard InChI is InChI=1S/C16H29N3O/c1-5-10-19-14(11-20)17-18-15(19)12-6-8-13(9-7-12)16(2,3)4/h12-13,20H,5-11H2,1-4H3. The van der Waals surface area contributed by atoms with Crippen molar-refractivity contribution in [3.8, 4) is 0 Å². The van der Waals surface area contributed by atoms with Crippen LogP contribution in [0.3, 0.4) is 0 Å². The summed E-state index contributed by atoms with van der Waals surface area (Å²) in [5.74, 6) is 3.16. The van der Waals surface area contributed by atoms with E-state index in [-0.39, 0.29) is 6.61 Å². The van der Waals surface area contributed by atoms with Crippen LogP contribution in [0.15, 0.2) is 0 Å². The van der Waals surface area contributed by atoms with Crippen LogP contribution in [-0.4, -0.2) is 19.9 Å². The zero-order valence-electron chi connectivity index (χ0n) is 13.4. The molecule has 2 rings (SSSR count). The molecule has 1 N–H and O–H groups in total.